The van der Waals surface area contributed by atoms with Crippen molar-refractivity contribution in [3.8, 4) is 0 Å². The largest absolute Gasteiger partial charge is 0.359 e. The van der Waals surface area contributed by atoms with Crippen LogP contribution < -0.4 is 5.32 Å². The Morgan fingerprint density at radius 1 is 1.45 bits per heavy atom. The van der Waals surface area contributed by atoms with Gasteiger partial charge in [0.1, 0.15) is 5.82 Å². The molecule has 1 aliphatic heterocycles. The van der Waals surface area contributed by atoms with Crippen LogP contribution in [0.2, 0.25) is 0 Å². The lowest BCUT2D eigenvalue weighted by atomic mass is 9.89. The van der Waals surface area contributed by atoms with Gasteiger partial charge in [0.15, 0.2) is 0 Å². The monoisotopic (exact) mass is 342 g/mol. The summed E-state index contributed by atoms with van der Waals surface area (Å²) in [7, 11) is 1.59. The molecule has 0 bridgehead atoms. The number of amides is 2. The predicted molar refractivity (Wildman–Crippen MR) is 76.8 cm³/mol. The Labute approximate surface area is 125 Å². The van der Waals surface area contributed by atoms with Crippen molar-refractivity contribution < 1.29 is 14.0 Å². The minimum atomic E-state index is -0.554. The number of nitrogens with one attached hydrogen (secondary N) is 1. The Morgan fingerprint density at radius 3 is 2.75 bits per heavy atom. The first kappa shape index (κ1) is 15.0. The summed E-state index contributed by atoms with van der Waals surface area (Å²) >= 11 is 3.07. The summed E-state index contributed by atoms with van der Waals surface area (Å²) in [5, 5.41) is 2.63. The Kier molecular flexibility index (Phi) is 4.13. The first-order valence-corrected chi connectivity index (χ1v) is 7.13. The van der Waals surface area contributed by atoms with Crippen molar-refractivity contribution in [2.24, 2.45) is 5.41 Å². The van der Waals surface area contributed by atoms with Crippen LogP contribution in [-0.2, 0) is 4.79 Å². The maximum absolute atomic E-state index is 13.2. The quantitative estimate of drug-likeness (QED) is 0.895. The highest BCUT2D eigenvalue weighted by atomic mass is 79.9. The maximum atomic E-state index is 13.2. The molecular weight excluding hydrogens is 327 g/mol. The molecule has 0 aliphatic carbocycles. The number of hydrogen-bond acceptors (Lipinski definition) is 2. The summed E-state index contributed by atoms with van der Waals surface area (Å²) in [6.07, 6.45) is 0.626. The van der Waals surface area contributed by atoms with Crippen molar-refractivity contribution in [1.82, 2.24) is 10.2 Å². The smallest absolute Gasteiger partial charge is 0.253 e. The summed E-state index contributed by atoms with van der Waals surface area (Å²) < 4.78 is 13.5. The van der Waals surface area contributed by atoms with Gasteiger partial charge in [-0.3, -0.25) is 9.59 Å². The molecule has 1 saturated heterocycles. The number of benzene rings is 1. The zero-order valence-electron chi connectivity index (χ0n) is 11.4. The lowest BCUT2D eigenvalue weighted by Gasteiger charge is -2.22. The zero-order valence-corrected chi connectivity index (χ0v) is 13.0. The van der Waals surface area contributed by atoms with Gasteiger partial charge in [-0.05, 0) is 47.5 Å². The zero-order chi connectivity index (χ0) is 14.9. The number of nitrogens with zero attached hydrogens (tertiary/aromatic N) is 1. The van der Waals surface area contributed by atoms with Gasteiger partial charge in [-0.2, -0.15) is 0 Å². The molecule has 1 aromatic rings. The molecular formula is C14H16BrFN2O2. The van der Waals surface area contributed by atoms with Gasteiger partial charge >= 0.3 is 0 Å². The van der Waals surface area contributed by atoms with Crippen molar-refractivity contribution in [2.45, 2.75) is 13.3 Å². The molecule has 1 heterocycles. The van der Waals surface area contributed by atoms with Gasteiger partial charge in [0.05, 0.1) is 9.89 Å². The molecule has 1 atom stereocenters. The molecule has 20 heavy (non-hydrogen) atoms. The average molecular weight is 343 g/mol. The van der Waals surface area contributed by atoms with E-state index in [2.05, 4.69) is 21.2 Å². The second kappa shape index (κ2) is 5.52. The molecule has 1 fully saturated rings. The summed E-state index contributed by atoms with van der Waals surface area (Å²) in [6.45, 7) is 2.75. The lowest BCUT2D eigenvalue weighted by molar-refractivity contribution is -0.128. The van der Waals surface area contributed by atoms with Gasteiger partial charge in [-0.25, -0.2) is 4.39 Å². The molecule has 6 heteroatoms. The Hall–Kier alpha value is -1.43. The molecule has 0 saturated carbocycles. The van der Waals surface area contributed by atoms with E-state index in [9.17, 15) is 14.0 Å². The van der Waals surface area contributed by atoms with Crippen LogP contribution in [-0.4, -0.2) is 36.9 Å². The van der Waals surface area contributed by atoms with Gasteiger partial charge in [0, 0.05) is 25.7 Å². The predicted octanol–water partition coefficient (Wildman–Crippen LogP) is 2.19. The standard InChI is InChI=1S/C14H16BrFN2O2/c1-14(13(20)17-2)5-6-18(8-14)12(19)9-3-4-11(16)10(15)7-9/h3-4,7H,5-6,8H2,1-2H3,(H,17,20). The Bertz CT molecular complexity index is 564. The van der Waals surface area contributed by atoms with E-state index < -0.39 is 11.2 Å². The van der Waals surface area contributed by atoms with E-state index in [1.807, 2.05) is 6.92 Å². The number of carbonyl (C=O) groups excluding carboxylic acids is 2. The lowest BCUT2D eigenvalue weighted by Crippen LogP contribution is -2.40. The maximum Gasteiger partial charge on any atom is 0.253 e. The molecule has 0 spiro atoms. The molecule has 1 aliphatic rings. The summed E-state index contributed by atoms with van der Waals surface area (Å²) in [5.41, 5.74) is -0.138. The van der Waals surface area contributed by atoms with Crippen molar-refractivity contribution >= 4 is 27.7 Å². The topological polar surface area (TPSA) is 49.4 Å². The first-order chi connectivity index (χ1) is 9.37. The molecule has 2 amide bonds. The first-order valence-electron chi connectivity index (χ1n) is 6.34. The van der Waals surface area contributed by atoms with E-state index in [1.54, 1.807) is 11.9 Å². The Balaban J connectivity index is 2.15. The van der Waals surface area contributed by atoms with E-state index in [4.69, 9.17) is 0 Å². The van der Waals surface area contributed by atoms with E-state index in [1.165, 1.54) is 18.2 Å². The molecule has 0 radical (unpaired) electrons. The molecule has 1 unspecified atom stereocenters. The van der Waals surface area contributed by atoms with Crippen LogP contribution in [0.4, 0.5) is 4.39 Å². The third-order valence-corrected chi connectivity index (χ3v) is 4.31. The van der Waals surface area contributed by atoms with Crippen LogP contribution in [0.5, 0.6) is 0 Å². The SMILES string of the molecule is CNC(=O)C1(C)CCN(C(=O)c2ccc(F)c(Br)c2)C1. The molecule has 0 aromatic heterocycles. The molecule has 4 nitrogen and oxygen atoms in total. The van der Waals surface area contributed by atoms with E-state index in [0.717, 1.165) is 0 Å². The second-order valence-electron chi connectivity index (χ2n) is 5.25. The highest BCUT2D eigenvalue weighted by Gasteiger charge is 2.41. The average Bonchev–Trinajstić information content (AvgIpc) is 2.84. The van der Waals surface area contributed by atoms with Crippen LogP contribution in [0, 0.1) is 11.2 Å². The van der Waals surface area contributed by atoms with Crippen LogP contribution in [0.1, 0.15) is 23.7 Å². The van der Waals surface area contributed by atoms with E-state index in [0.29, 0.717) is 25.1 Å². The summed E-state index contributed by atoms with van der Waals surface area (Å²) in [6, 6.07) is 4.18. The summed E-state index contributed by atoms with van der Waals surface area (Å²) in [4.78, 5) is 25.8. The third kappa shape index (κ3) is 2.70. The molecule has 1 aromatic carbocycles. The van der Waals surface area contributed by atoms with Crippen molar-refractivity contribution in [3.63, 3.8) is 0 Å². The van der Waals surface area contributed by atoms with Crippen LogP contribution in [0.25, 0.3) is 0 Å². The number of hydrogen-bond donors (Lipinski definition) is 1. The van der Waals surface area contributed by atoms with Crippen molar-refractivity contribution in [1.29, 1.82) is 0 Å². The number of rotatable bonds is 2. The fourth-order valence-corrected chi connectivity index (χ4v) is 2.81. The minimum Gasteiger partial charge on any atom is -0.359 e. The van der Waals surface area contributed by atoms with Crippen LogP contribution in [0.3, 0.4) is 0 Å². The van der Waals surface area contributed by atoms with E-state index in [-0.39, 0.29) is 16.3 Å². The fourth-order valence-electron chi connectivity index (χ4n) is 2.43. The number of likely N-dealkylation sites (tertiary alicyclic amines) is 1. The normalized spacial score (nSPS) is 21.9. The molecule has 108 valence electrons. The van der Waals surface area contributed by atoms with Gasteiger partial charge < -0.3 is 10.2 Å². The van der Waals surface area contributed by atoms with Gasteiger partial charge in [0.2, 0.25) is 5.91 Å². The number of halogens is 2. The van der Waals surface area contributed by atoms with Gasteiger partial charge in [0.25, 0.3) is 5.91 Å². The van der Waals surface area contributed by atoms with Gasteiger partial charge in [-0.15, -0.1) is 0 Å². The molecule has 1 N–H and O–H groups in total. The highest BCUT2D eigenvalue weighted by molar-refractivity contribution is 9.10. The summed E-state index contributed by atoms with van der Waals surface area (Å²) in [5.74, 6) is -0.649. The van der Waals surface area contributed by atoms with Crippen LogP contribution in [0.15, 0.2) is 22.7 Å². The minimum absolute atomic E-state index is 0.0620. The van der Waals surface area contributed by atoms with Crippen LogP contribution >= 0.6 is 15.9 Å². The number of carbonyl (C=O) groups is 2. The van der Waals surface area contributed by atoms with Crippen molar-refractivity contribution in [3.05, 3.63) is 34.1 Å². The Morgan fingerprint density at radius 2 is 2.15 bits per heavy atom. The van der Waals surface area contributed by atoms with E-state index >= 15 is 0 Å². The fraction of sp³-hybridized carbons (Fsp3) is 0.429. The second-order valence-corrected chi connectivity index (χ2v) is 6.10. The van der Waals surface area contributed by atoms with Crippen molar-refractivity contribution in [2.75, 3.05) is 20.1 Å². The molecule has 2 rings (SSSR count). The third-order valence-electron chi connectivity index (χ3n) is 3.70. The highest BCUT2D eigenvalue weighted by Crippen LogP contribution is 2.31. The van der Waals surface area contributed by atoms with Gasteiger partial charge in [-0.1, -0.05) is 0 Å².